The van der Waals surface area contributed by atoms with Gasteiger partial charge < -0.3 is 19.6 Å². The Labute approximate surface area is 90.0 Å². The first kappa shape index (κ1) is 14.5. The standard InChI is InChI=1S/C9H20N2O4/c1-8(12)9(11-2)7-14-4-3-13-5-6-15-10/h9,11H,3-7,10H2,1-2H3. The summed E-state index contributed by atoms with van der Waals surface area (Å²) in [5.74, 6) is 4.87. The Hall–Kier alpha value is -0.530. The van der Waals surface area contributed by atoms with Gasteiger partial charge >= 0.3 is 0 Å². The fourth-order valence-electron chi connectivity index (χ4n) is 0.932. The van der Waals surface area contributed by atoms with Gasteiger partial charge in [-0.3, -0.25) is 4.79 Å². The van der Waals surface area contributed by atoms with Crippen LogP contribution in [0.15, 0.2) is 0 Å². The van der Waals surface area contributed by atoms with Crippen molar-refractivity contribution in [2.75, 3.05) is 40.1 Å². The van der Waals surface area contributed by atoms with Crippen molar-refractivity contribution in [2.45, 2.75) is 13.0 Å². The molecule has 15 heavy (non-hydrogen) atoms. The number of Topliss-reactive ketones (excluding diaryl/α,β-unsaturated/α-hetero) is 1. The number of rotatable bonds is 10. The van der Waals surface area contributed by atoms with Crippen LogP contribution in [0.5, 0.6) is 0 Å². The molecule has 0 saturated heterocycles. The molecule has 0 aliphatic carbocycles. The number of hydrogen-bond acceptors (Lipinski definition) is 6. The summed E-state index contributed by atoms with van der Waals surface area (Å²) >= 11 is 0. The van der Waals surface area contributed by atoms with Crippen molar-refractivity contribution in [1.82, 2.24) is 5.32 Å². The van der Waals surface area contributed by atoms with Crippen LogP contribution in [-0.2, 0) is 19.1 Å². The van der Waals surface area contributed by atoms with Crippen molar-refractivity contribution in [2.24, 2.45) is 5.90 Å². The smallest absolute Gasteiger partial charge is 0.149 e. The van der Waals surface area contributed by atoms with Crippen LogP contribution in [0.4, 0.5) is 0 Å². The van der Waals surface area contributed by atoms with Crippen LogP contribution in [0.25, 0.3) is 0 Å². The molecule has 90 valence electrons. The third kappa shape index (κ3) is 8.46. The number of hydrogen-bond donors (Lipinski definition) is 2. The first-order valence-corrected chi connectivity index (χ1v) is 4.87. The lowest BCUT2D eigenvalue weighted by Gasteiger charge is -2.12. The van der Waals surface area contributed by atoms with Crippen LogP contribution in [0, 0.1) is 0 Å². The lowest BCUT2D eigenvalue weighted by Crippen LogP contribution is -2.37. The molecule has 6 nitrogen and oxygen atoms in total. The Morgan fingerprint density at radius 2 is 1.87 bits per heavy atom. The molecule has 0 aliphatic rings. The lowest BCUT2D eigenvalue weighted by atomic mass is 10.2. The van der Waals surface area contributed by atoms with E-state index < -0.39 is 0 Å². The summed E-state index contributed by atoms with van der Waals surface area (Å²) in [5, 5.41) is 2.86. The zero-order valence-corrected chi connectivity index (χ0v) is 9.32. The van der Waals surface area contributed by atoms with Crippen molar-refractivity contribution >= 4 is 5.78 Å². The monoisotopic (exact) mass is 220 g/mol. The van der Waals surface area contributed by atoms with Gasteiger partial charge in [0.15, 0.2) is 0 Å². The molecule has 0 aromatic heterocycles. The maximum absolute atomic E-state index is 11.0. The summed E-state index contributed by atoms with van der Waals surface area (Å²) in [6.07, 6.45) is 0. The summed E-state index contributed by atoms with van der Waals surface area (Å²) in [4.78, 5) is 15.3. The van der Waals surface area contributed by atoms with E-state index in [1.165, 1.54) is 6.92 Å². The summed E-state index contributed by atoms with van der Waals surface area (Å²) in [7, 11) is 1.73. The second kappa shape index (κ2) is 10.0. The lowest BCUT2D eigenvalue weighted by molar-refractivity contribution is -0.120. The Kier molecular flexibility index (Phi) is 9.65. The molecule has 6 heteroatoms. The number of carbonyl (C=O) groups excluding carboxylic acids is 1. The van der Waals surface area contributed by atoms with Gasteiger partial charge in [0.25, 0.3) is 0 Å². The predicted molar refractivity (Wildman–Crippen MR) is 55.3 cm³/mol. The molecular formula is C9H20N2O4. The van der Waals surface area contributed by atoms with E-state index in [0.717, 1.165) is 0 Å². The highest BCUT2D eigenvalue weighted by molar-refractivity contribution is 5.81. The van der Waals surface area contributed by atoms with Gasteiger partial charge in [0.05, 0.1) is 39.1 Å². The van der Waals surface area contributed by atoms with E-state index in [9.17, 15) is 4.79 Å². The summed E-state index contributed by atoms with van der Waals surface area (Å²) in [6.45, 7) is 3.63. The number of nitrogens with one attached hydrogen (secondary N) is 1. The number of ether oxygens (including phenoxy) is 2. The summed E-state index contributed by atoms with van der Waals surface area (Å²) in [5.41, 5.74) is 0. The van der Waals surface area contributed by atoms with Crippen LogP contribution >= 0.6 is 0 Å². The van der Waals surface area contributed by atoms with Gasteiger partial charge in [0.1, 0.15) is 5.78 Å². The Bertz CT molecular complexity index is 166. The molecule has 0 aromatic rings. The molecule has 0 saturated carbocycles. The maximum Gasteiger partial charge on any atom is 0.149 e. The molecule has 0 aromatic carbocycles. The second-order valence-electron chi connectivity index (χ2n) is 3.01. The van der Waals surface area contributed by atoms with E-state index in [2.05, 4.69) is 10.2 Å². The highest BCUT2D eigenvalue weighted by atomic mass is 16.6. The zero-order chi connectivity index (χ0) is 11.5. The van der Waals surface area contributed by atoms with Crippen molar-refractivity contribution in [3.8, 4) is 0 Å². The highest BCUT2D eigenvalue weighted by Gasteiger charge is 2.10. The van der Waals surface area contributed by atoms with Crippen molar-refractivity contribution in [3.05, 3.63) is 0 Å². The highest BCUT2D eigenvalue weighted by Crippen LogP contribution is 1.87. The van der Waals surface area contributed by atoms with Gasteiger partial charge in [-0.25, -0.2) is 5.90 Å². The van der Waals surface area contributed by atoms with E-state index in [4.69, 9.17) is 15.4 Å². The quantitative estimate of drug-likeness (QED) is 0.366. The molecule has 0 amide bonds. The minimum absolute atomic E-state index is 0.0648. The van der Waals surface area contributed by atoms with Crippen LogP contribution in [0.3, 0.4) is 0 Å². The first-order valence-electron chi connectivity index (χ1n) is 4.87. The normalized spacial score (nSPS) is 12.7. The van der Waals surface area contributed by atoms with E-state index in [1.807, 2.05) is 0 Å². The molecule has 0 bridgehead atoms. The Morgan fingerprint density at radius 1 is 1.27 bits per heavy atom. The van der Waals surface area contributed by atoms with Crippen molar-refractivity contribution < 1.29 is 19.1 Å². The zero-order valence-electron chi connectivity index (χ0n) is 9.32. The molecule has 1 unspecified atom stereocenters. The van der Waals surface area contributed by atoms with E-state index in [1.54, 1.807) is 7.05 Å². The molecule has 3 N–H and O–H groups in total. The van der Waals surface area contributed by atoms with E-state index in [0.29, 0.717) is 33.0 Å². The van der Waals surface area contributed by atoms with Crippen LogP contribution in [0.1, 0.15) is 6.92 Å². The first-order chi connectivity index (χ1) is 7.22. The van der Waals surface area contributed by atoms with E-state index >= 15 is 0 Å². The fourth-order valence-corrected chi connectivity index (χ4v) is 0.932. The Morgan fingerprint density at radius 3 is 2.40 bits per heavy atom. The minimum Gasteiger partial charge on any atom is -0.377 e. The molecule has 0 rings (SSSR count). The van der Waals surface area contributed by atoms with Crippen molar-refractivity contribution in [1.29, 1.82) is 0 Å². The number of carbonyl (C=O) groups is 1. The SMILES string of the molecule is CNC(COCCOCCON)C(C)=O. The van der Waals surface area contributed by atoms with Gasteiger partial charge in [0.2, 0.25) is 0 Å². The largest absolute Gasteiger partial charge is 0.377 e. The number of likely N-dealkylation sites (N-methyl/N-ethyl adjacent to an activating group) is 1. The summed E-state index contributed by atoms with van der Waals surface area (Å²) in [6, 6.07) is -0.239. The van der Waals surface area contributed by atoms with Crippen molar-refractivity contribution in [3.63, 3.8) is 0 Å². The third-order valence-electron chi connectivity index (χ3n) is 1.84. The molecule has 0 fully saturated rings. The van der Waals surface area contributed by atoms with E-state index in [-0.39, 0.29) is 11.8 Å². The second-order valence-corrected chi connectivity index (χ2v) is 3.01. The third-order valence-corrected chi connectivity index (χ3v) is 1.84. The molecule has 0 heterocycles. The molecule has 1 atom stereocenters. The molecule has 0 spiro atoms. The molecule has 0 radical (unpaired) electrons. The maximum atomic E-state index is 11.0. The van der Waals surface area contributed by atoms with Gasteiger partial charge in [0, 0.05) is 0 Å². The topological polar surface area (TPSA) is 82.8 Å². The van der Waals surface area contributed by atoms with Crippen LogP contribution in [-0.4, -0.2) is 51.9 Å². The number of ketones is 1. The summed E-state index contributed by atoms with van der Waals surface area (Å²) < 4.78 is 10.4. The van der Waals surface area contributed by atoms with Gasteiger partial charge in [-0.05, 0) is 14.0 Å². The molecule has 0 aliphatic heterocycles. The van der Waals surface area contributed by atoms with Gasteiger partial charge in [-0.2, -0.15) is 0 Å². The van der Waals surface area contributed by atoms with Gasteiger partial charge in [-0.1, -0.05) is 0 Å². The average Bonchev–Trinajstić information content (AvgIpc) is 2.21. The van der Waals surface area contributed by atoms with Crippen LogP contribution < -0.4 is 11.2 Å². The number of nitrogens with two attached hydrogens (primary N) is 1. The van der Waals surface area contributed by atoms with Crippen LogP contribution in [0.2, 0.25) is 0 Å². The average molecular weight is 220 g/mol. The minimum atomic E-state index is -0.239. The van der Waals surface area contributed by atoms with Gasteiger partial charge in [-0.15, -0.1) is 0 Å². The fraction of sp³-hybridized carbons (Fsp3) is 0.889. The molecular weight excluding hydrogens is 200 g/mol. The Balaban J connectivity index is 3.25. The predicted octanol–water partition coefficient (Wildman–Crippen LogP) is -0.913.